The predicted octanol–water partition coefficient (Wildman–Crippen LogP) is 5.76. The minimum absolute atomic E-state index is 0.0472. The summed E-state index contributed by atoms with van der Waals surface area (Å²) in [5.41, 5.74) is 4.61. The predicted molar refractivity (Wildman–Crippen MR) is 140 cm³/mol. The van der Waals surface area contributed by atoms with Crippen LogP contribution in [0.4, 0.5) is 14.7 Å². The van der Waals surface area contributed by atoms with Crippen LogP contribution in [-0.4, -0.2) is 52.8 Å². The number of carbonyl (C=O) groups is 1. The summed E-state index contributed by atoms with van der Waals surface area (Å²) in [5.74, 6) is 0.703. The Balaban J connectivity index is 1.20. The number of H-pyrrole nitrogens is 1. The lowest BCUT2D eigenvalue weighted by atomic mass is 9.99. The minimum Gasteiger partial charge on any atom is -0.464 e. The number of para-hydroxylation sites is 1. The fourth-order valence-corrected chi connectivity index (χ4v) is 6.16. The van der Waals surface area contributed by atoms with Gasteiger partial charge in [-0.05, 0) is 63.5 Å². The molecule has 3 aliphatic rings. The second-order valence-corrected chi connectivity index (χ2v) is 10.6. The average Bonchev–Trinajstić information content (AvgIpc) is 3.62. The van der Waals surface area contributed by atoms with Crippen LogP contribution in [0.25, 0.3) is 11.1 Å². The topological polar surface area (TPSA) is 89.6 Å². The molecule has 3 fully saturated rings. The lowest BCUT2D eigenvalue weighted by molar-refractivity contribution is -0.0494. The monoisotopic (exact) mass is 538 g/mol. The van der Waals surface area contributed by atoms with Crippen LogP contribution in [0.1, 0.15) is 71.9 Å². The van der Waals surface area contributed by atoms with E-state index in [0.717, 1.165) is 61.0 Å². The molecule has 2 aliphatic heterocycles. The number of aromatic amines is 1. The summed E-state index contributed by atoms with van der Waals surface area (Å²) < 4.78 is 42.4. The van der Waals surface area contributed by atoms with Crippen molar-refractivity contribution < 1.29 is 27.8 Å². The number of alkyl halides is 2. The van der Waals surface area contributed by atoms with Crippen LogP contribution in [0, 0.1) is 6.92 Å². The first kappa shape index (κ1) is 25.7. The Hall–Kier alpha value is -3.53. The van der Waals surface area contributed by atoms with Crippen LogP contribution in [0.5, 0.6) is 5.75 Å². The number of methoxy groups -OCH3 is 1. The first-order chi connectivity index (χ1) is 18.9. The van der Waals surface area contributed by atoms with E-state index in [1.54, 1.807) is 18.2 Å². The molecule has 2 atom stereocenters. The van der Waals surface area contributed by atoms with Gasteiger partial charge in [-0.2, -0.15) is 8.78 Å². The number of halogens is 2. The Morgan fingerprint density at radius 1 is 1.10 bits per heavy atom. The molecule has 2 aromatic heterocycles. The molecular formula is C29H32F2N4O4. The van der Waals surface area contributed by atoms with Gasteiger partial charge in [-0.15, -0.1) is 0 Å². The van der Waals surface area contributed by atoms with Crippen molar-refractivity contribution in [1.82, 2.24) is 15.0 Å². The average molecular weight is 539 g/mol. The molecule has 6 rings (SSSR count). The molecule has 0 spiro atoms. The van der Waals surface area contributed by atoms with Crippen molar-refractivity contribution in [3.63, 3.8) is 0 Å². The number of hydrogen-bond acceptors (Lipinski definition) is 7. The first-order valence-electron chi connectivity index (χ1n) is 13.5. The molecule has 2 bridgehead atoms. The number of piperidine rings is 1. The van der Waals surface area contributed by atoms with Crippen LogP contribution >= 0.6 is 0 Å². The van der Waals surface area contributed by atoms with Crippen LogP contribution in [0.3, 0.4) is 0 Å². The number of rotatable bonds is 9. The molecule has 2 saturated heterocycles. The van der Waals surface area contributed by atoms with E-state index in [0.29, 0.717) is 24.0 Å². The summed E-state index contributed by atoms with van der Waals surface area (Å²) in [6.07, 6.45) is 7.82. The molecule has 0 amide bonds. The van der Waals surface area contributed by atoms with Gasteiger partial charge in [0.2, 0.25) is 5.95 Å². The van der Waals surface area contributed by atoms with Gasteiger partial charge in [-0.3, -0.25) is 0 Å². The van der Waals surface area contributed by atoms with Crippen LogP contribution in [0.15, 0.2) is 36.5 Å². The number of fused-ring (bicyclic) bond motifs is 2. The van der Waals surface area contributed by atoms with Gasteiger partial charge in [0.05, 0.1) is 19.8 Å². The third kappa shape index (κ3) is 5.22. The third-order valence-electron chi connectivity index (χ3n) is 8.02. The van der Waals surface area contributed by atoms with Gasteiger partial charge in [-0.25, -0.2) is 14.8 Å². The number of esters is 1. The second-order valence-electron chi connectivity index (χ2n) is 10.6. The maximum absolute atomic E-state index is 13.1. The number of nitrogens with zero attached hydrogens (tertiary/aromatic N) is 3. The van der Waals surface area contributed by atoms with Crippen LogP contribution in [-0.2, 0) is 16.1 Å². The summed E-state index contributed by atoms with van der Waals surface area (Å²) in [6, 6.07) is 8.98. The summed E-state index contributed by atoms with van der Waals surface area (Å²) in [6.45, 7) is -0.647. The maximum Gasteiger partial charge on any atom is 0.387 e. The molecule has 1 saturated carbocycles. The van der Waals surface area contributed by atoms with Crippen molar-refractivity contribution in [2.75, 3.05) is 12.0 Å². The van der Waals surface area contributed by atoms with E-state index < -0.39 is 12.6 Å². The van der Waals surface area contributed by atoms with E-state index in [4.69, 9.17) is 14.2 Å². The van der Waals surface area contributed by atoms with E-state index >= 15 is 0 Å². The summed E-state index contributed by atoms with van der Waals surface area (Å²) in [5, 5.41) is 0. The number of aromatic nitrogens is 3. The van der Waals surface area contributed by atoms with E-state index in [2.05, 4.69) is 19.9 Å². The van der Waals surface area contributed by atoms with Crippen LogP contribution < -0.4 is 9.64 Å². The highest BCUT2D eigenvalue weighted by atomic mass is 19.3. The van der Waals surface area contributed by atoms with Crippen molar-refractivity contribution in [3.05, 3.63) is 59.2 Å². The van der Waals surface area contributed by atoms with Gasteiger partial charge < -0.3 is 24.1 Å². The quantitative estimate of drug-likeness (QED) is 0.347. The van der Waals surface area contributed by atoms with E-state index in [1.165, 1.54) is 7.11 Å². The highest BCUT2D eigenvalue weighted by Gasteiger charge is 2.43. The Bertz CT molecular complexity index is 1340. The zero-order valence-corrected chi connectivity index (χ0v) is 22.0. The van der Waals surface area contributed by atoms with Crippen molar-refractivity contribution >= 4 is 11.9 Å². The molecular weight excluding hydrogens is 506 g/mol. The number of nitrogens with one attached hydrogen (secondary N) is 1. The van der Waals surface area contributed by atoms with Crippen LogP contribution in [0.2, 0.25) is 0 Å². The fraction of sp³-hybridized carbons (Fsp3) is 0.483. The maximum atomic E-state index is 13.1. The molecule has 4 heterocycles. The van der Waals surface area contributed by atoms with Gasteiger partial charge in [0, 0.05) is 46.4 Å². The number of carbonyl (C=O) groups excluding carboxylic acids is 1. The van der Waals surface area contributed by atoms with Crippen molar-refractivity contribution in [3.8, 4) is 16.9 Å². The highest BCUT2D eigenvalue weighted by Crippen LogP contribution is 2.46. The zero-order valence-electron chi connectivity index (χ0n) is 22.0. The third-order valence-corrected chi connectivity index (χ3v) is 8.02. The lowest BCUT2D eigenvalue weighted by Crippen LogP contribution is -2.46. The SMILES string of the molecule is COC(=O)c1cc(C)nc(N2C3CCC2CC(OCc2c(-c4ccccc4OC(F)F)c[nH]c2C2CC2)C3)n1. The van der Waals surface area contributed by atoms with Gasteiger partial charge in [-0.1, -0.05) is 18.2 Å². The molecule has 39 heavy (non-hydrogen) atoms. The smallest absolute Gasteiger partial charge is 0.387 e. The van der Waals surface area contributed by atoms with Crippen molar-refractivity contribution in [1.29, 1.82) is 0 Å². The van der Waals surface area contributed by atoms with Crippen molar-refractivity contribution in [2.24, 2.45) is 0 Å². The number of benzene rings is 1. The van der Waals surface area contributed by atoms with E-state index in [-0.39, 0.29) is 29.6 Å². The Labute approximate surface area is 225 Å². The number of hydrogen-bond donors (Lipinski definition) is 1. The molecule has 1 aliphatic carbocycles. The Morgan fingerprint density at radius 3 is 2.54 bits per heavy atom. The second kappa shape index (κ2) is 10.6. The first-order valence-corrected chi connectivity index (χ1v) is 13.5. The van der Waals surface area contributed by atoms with Gasteiger partial charge in [0.25, 0.3) is 0 Å². The Morgan fingerprint density at radius 2 is 1.85 bits per heavy atom. The zero-order chi connectivity index (χ0) is 27.1. The molecule has 3 aromatic rings. The van der Waals surface area contributed by atoms with Gasteiger partial charge >= 0.3 is 12.6 Å². The number of aryl methyl sites for hydroxylation is 1. The van der Waals surface area contributed by atoms with Gasteiger partial charge in [0.15, 0.2) is 5.69 Å². The summed E-state index contributed by atoms with van der Waals surface area (Å²) in [4.78, 5) is 26.9. The summed E-state index contributed by atoms with van der Waals surface area (Å²) in [7, 11) is 1.35. The van der Waals surface area contributed by atoms with E-state index in [9.17, 15) is 13.6 Å². The molecule has 206 valence electrons. The Kier molecular flexibility index (Phi) is 6.97. The molecule has 1 N–H and O–H groups in total. The minimum atomic E-state index is -2.89. The fourth-order valence-electron chi connectivity index (χ4n) is 6.16. The molecule has 10 heteroatoms. The molecule has 8 nitrogen and oxygen atoms in total. The summed E-state index contributed by atoms with van der Waals surface area (Å²) >= 11 is 0. The molecule has 1 aromatic carbocycles. The number of ether oxygens (including phenoxy) is 3. The van der Waals surface area contributed by atoms with Gasteiger partial charge in [0.1, 0.15) is 5.75 Å². The van der Waals surface area contributed by atoms with E-state index in [1.807, 2.05) is 25.3 Å². The van der Waals surface area contributed by atoms with Crippen molar-refractivity contribution in [2.45, 2.75) is 82.8 Å². The highest BCUT2D eigenvalue weighted by molar-refractivity contribution is 5.87. The molecule has 2 unspecified atom stereocenters. The lowest BCUT2D eigenvalue weighted by Gasteiger charge is -2.39. The standard InChI is InChI=1S/C29H32F2N4O4/c1-16-11-24(27(36)37-2)34-29(33-16)35-18-9-10-19(35)13-20(12-18)38-15-23-22(14-32-26(23)17-7-8-17)21-5-3-4-6-25(21)39-28(30)31/h3-6,11,14,17-20,28,32H,7-10,12-13,15H2,1-2H3. The number of anilines is 1. The molecule has 0 radical (unpaired) electrons. The normalized spacial score (nSPS) is 22.4. The largest absolute Gasteiger partial charge is 0.464 e.